The van der Waals surface area contributed by atoms with Crippen LogP contribution >= 0.6 is 0 Å². The van der Waals surface area contributed by atoms with Crippen LogP contribution in [0.1, 0.15) is 129 Å². The van der Waals surface area contributed by atoms with Crippen molar-refractivity contribution in [3.05, 3.63) is 65.2 Å². The highest BCUT2D eigenvalue weighted by Crippen LogP contribution is 2.41. The van der Waals surface area contributed by atoms with Gasteiger partial charge in [-0.2, -0.15) is 0 Å². The van der Waals surface area contributed by atoms with Crippen molar-refractivity contribution in [2.24, 2.45) is 5.92 Å². The summed E-state index contributed by atoms with van der Waals surface area (Å²) in [5.74, 6) is 0.793. The molecule has 2 amide bonds. The molecule has 4 rings (SSSR count). The normalized spacial score (nSPS) is 18.6. The van der Waals surface area contributed by atoms with Gasteiger partial charge in [-0.3, -0.25) is 0 Å². The molecule has 2 fully saturated rings. The molecule has 2 saturated carbocycles. The second-order valence-corrected chi connectivity index (χ2v) is 21.3. The van der Waals surface area contributed by atoms with E-state index in [2.05, 4.69) is 114 Å². The molecule has 0 aliphatic heterocycles. The molecule has 2 aromatic rings. The summed E-state index contributed by atoms with van der Waals surface area (Å²) < 4.78 is 7.09. The summed E-state index contributed by atoms with van der Waals surface area (Å²) in [6.07, 6.45) is 15.0. The Morgan fingerprint density at radius 1 is 0.932 bits per heavy atom. The van der Waals surface area contributed by atoms with Gasteiger partial charge in [-0.05, 0) is 84.3 Å². The van der Waals surface area contributed by atoms with Crippen LogP contribution < -0.4 is 10.6 Å². The Balaban J connectivity index is 1.47. The smallest absolute Gasteiger partial charge is 0.319 e. The van der Waals surface area contributed by atoms with Crippen LogP contribution in [0.2, 0.25) is 18.1 Å². The number of aryl methyl sites for hydroxylation is 1. The molecule has 2 aliphatic rings. The van der Waals surface area contributed by atoms with E-state index in [0.717, 1.165) is 37.3 Å². The maximum atomic E-state index is 13.4. The summed E-state index contributed by atoms with van der Waals surface area (Å²) >= 11 is 0. The van der Waals surface area contributed by atoms with Crippen LogP contribution in [-0.2, 0) is 21.7 Å². The molecular formula is C39H62N2O2Si. The van der Waals surface area contributed by atoms with Crippen LogP contribution in [0, 0.1) is 5.92 Å². The molecule has 5 heteroatoms. The van der Waals surface area contributed by atoms with E-state index < -0.39 is 8.32 Å². The van der Waals surface area contributed by atoms with Crippen molar-refractivity contribution in [1.82, 2.24) is 5.32 Å². The average Bonchev–Trinajstić information content (AvgIpc) is 3.45. The first-order chi connectivity index (χ1) is 20.7. The van der Waals surface area contributed by atoms with E-state index in [4.69, 9.17) is 4.43 Å². The third-order valence-electron chi connectivity index (χ3n) is 11.0. The number of urea groups is 1. The second kappa shape index (κ2) is 14.5. The molecule has 0 aromatic heterocycles. The van der Waals surface area contributed by atoms with Crippen LogP contribution in [0.4, 0.5) is 10.5 Å². The molecule has 0 saturated heterocycles. The molecule has 0 spiro atoms. The van der Waals surface area contributed by atoms with Gasteiger partial charge in [0.25, 0.3) is 0 Å². The first-order valence-electron chi connectivity index (χ1n) is 17.6. The predicted molar refractivity (Wildman–Crippen MR) is 190 cm³/mol. The Labute approximate surface area is 270 Å². The molecule has 0 radical (unpaired) electrons. The maximum Gasteiger partial charge on any atom is 0.319 e. The van der Waals surface area contributed by atoms with Crippen molar-refractivity contribution in [1.29, 1.82) is 0 Å². The Bertz CT molecular complexity index is 1200. The first kappa shape index (κ1) is 34.8. The third-order valence-corrected chi connectivity index (χ3v) is 15.6. The van der Waals surface area contributed by atoms with Crippen molar-refractivity contribution in [2.45, 2.75) is 154 Å². The fourth-order valence-electron chi connectivity index (χ4n) is 7.27. The summed E-state index contributed by atoms with van der Waals surface area (Å²) in [4.78, 5) is 13.4. The highest BCUT2D eigenvalue weighted by atomic mass is 28.4. The lowest BCUT2D eigenvalue weighted by Crippen LogP contribution is -2.44. The third kappa shape index (κ3) is 9.22. The minimum Gasteiger partial charge on any atom is -0.414 e. The Morgan fingerprint density at radius 2 is 1.59 bits per heavy atom. The molecule has 4 nitrogen and oxygen atoms in total. The van der Waals surface area contributed by atoms with E-state index in [0.29, 0.717) is 12.6 Å². The number of carbonyl (C=O) groups excluding carboxylic acids is 1. The molecule has 1 unspecified atom stereocenters. The highest BCUT2D eigenvalue weighted by Gasteiger charge is 2.40. The van der Waals surface area contributed by atoms with Gasteiger partial charge in [0, 0.05) is 23.8 Å². The van der Waals surface area contributed by atoms with E-state index in [-0.39, 0.29) is 21.9 Å². The molecule has 2 aliphatic carbocycles. The number of rotatable bonds is 11. The second-order valence-electron chi connectivity index (χ2n) is 16.6. The van der Waals surface area contributed by atoms with E-state index in [1.807, 2.05) is 0 Å². The van der Waals surface area contributed by atoms with Crippen LogP contribution in [0.15, 0.2) is 48.5 Å². The van der Waals surface area contributed by atoms with Crippen LogP contribution in [0.5, 0.6) is 0 Å². The van der Waals surface area contributed by atoms with Crippen LogP contribution in [0.25, 0.3) is 0 Å². The van der Waals surface area contributed by atoms with Gasteiger partial charge in [0.2, 0.25) is 0 Å². The number of anilines is 1. The zero-order valence-electron chi connectivity index (χ0n) is 29.3. The highest BCUT2D eigenvalue weighted by molar-refractivity contribution is 6.74. The predicted octanol–water partition coefficient (Wildman–Crippen LogP) is 10.9. The summed E-state index contributed by atoms with van der Waals surface area (Å²) in [7, 11) is -1.87. The Kier molecular flexibility index (Phi) is 11.5. The standard InChI is InChI=1S/C39H62N2O2Si/c1-37(2,3)34-24-22-31(21-23-33(27-30-17-11-9-12-18-30)43-44(7,8)38(4,5)6)28-35(34)41-36(42)40-29-39(25-15-16-26-39)32-19-13-10-14-20-32/h10,13-14,19-20,22,24,28,30,33H,9,11-12,15-18,21,23,25-27,29H2,1-8H3,(H2,40,41,42). The van der Waals surface area contributed by atoms with Crippen LogP contribution in [0.3, 0.4) is 0 Å². The topological polar surface area (TPSA) is 50.4 Å². The largest absolute Gasteiger partial charge is 0.414 e. The average molecular weight is 619 g/mol. The summed E-state index contributed by atoms with van der Waals surface area (Å²) in [5.41, 5.74) is 4.68. The van der Waals surface area contributed by atoms with Gasteiger partial charge in [-0.25, -0.2) is 4.79 Å². The number of nitrogens with one attached hydrogen (secondary N) is 2. The lowest BCUT2D eigenvalue weighted by Gasteiger charge is -2.40. The van der Waals surface area contributed by atoms with Crippen molar-refractivity contribution in [2.75, 3.05) is 11.9 Å². The van der Waals surface area contributed by atoms with E-state index in [1.54, 1.807) is 0 Å². The molecular weight excluding hydrogens is 557 g/mol. The maximum absolute atomic E-state index is 13.4. The quantitative estimate of drug-likeness (QED) is 0.246. The monoisotopic (exact) mass is 618 g/mol. The number of benzene rings is 2. The fraction of sp³-hybridized carbons (Fsp3) is 0.667. The van der Waals surface area contributed by atoms with E-state index in [1.165, 1.54) is 68.1 Å². The van der Waals surface area contributed by atoms with Gasteiger partial charge in [0.15, 0.2) is 8.32 Å². The van der Waals surface area contributed by atoms with Gasteiger partial charge >= 0.3 is 6.03 Å². The zero-order chi connectivity index (χ0) is 32.0. The fourth-order valence-corrected chi connectivity index (χ4v) is 8.67. The lowest BCUT2D eigenvalue weighted by atomic mass is 9.79. The molecule has 44 heavy (non-hydrogen) atoms. The lowest BCUT2D eigenvalue weighted by molar-refractivity contribution is 0.129. The Hall–Kier alpha value is -2.11. The van der Waals surface area contributed by atoms with Crippen LogP contribution in [-0.4, -0.2) is 27.0 Å². The first-order valence-corrected chi connectivity index (χ1v) is 20.5. The zero-order valence-corrected chi connectivity index (χ0v) is 30.3. The number of amides is 2. The van der Waals surface area contributed by atoms with Gasteiger partial charge in [0.05, 0.1) is 0 Å². The van der Waals surface area contributed by atoms with Crippen molar-refractivity contribution in [3.63, 3.8) is 0 Å². The van der Waals surface area contributed by atoms with Crippen molar-refractivity contribution < 1.29 is 9.22 Å². The minimum atomic E-state index is -1.87. The minimum absolute atomic E-state index is 0.0325. The van der Waals surface area contributed by atoms with E-state index in [9.17, 15) is 4.79 Å². The summed E-state index contributed by atoms with van der Waals surface area (Å²) in [6.45, 7) is 19.2. The van der Waals surface area contributed by atoms with Gasteiger partial charge in [0.1, 0.15) is 0 Å². The van der Waals surface area contributed by atoms with Crippen molar-refractivity contribution >= 4 is 20.0 Å². The SMILES string of the molecule is CC(C)(C)c1ccc(CCC(CC2CCCCC2)O[Si](C)(C)C(C)(C)C)cc1NC(=O)NCC1(c2ccccc2)CCCC1. The molecule has 0 heterocycles. The van der Waals surface area contributed by atoms with E-state index >= 15 is 0 Å². The van der Waals surface area contributed by atoms with Crippen molar-refractivity contribution in [3.8, 4) is 0 Å². The Morgan fingerprint density at radius 3 is 2.20 bits per heavy atom. The molecule has 1 atom stereocenters. The van der Waals surface area contributed by atoms with Gasteiger partial charge in [-0.1, -0.05) is 129 Å². The number of carbonyl (C=O) groups is 1. The number of hydrogen-bond acceptors (Lipinski definition) is 2. The molecule has 0 bridgehead atoms. The summed E-state index contributed by atoms with van der Waals surface area (Å²) in [6, 6.07) is 17.4. The van der Waals surface area contributed by atoms with Gasteiger partial charge < -0.3 is 15.1 Å². The molecule has 2 N–H and O–H groups in total. The molecule has 2 aromatic carbocycles. The number of hydrogen-bond donors (Lipinski definition) is 2. The van der Waals surface area contributed by atoms with Gasteiger partial charge in [-0.15, -0.1) is 0 Å². The summed E-state index contributed by atoms with van der Waals surface area (Å²) in [5, 5.41) is 6.77. The molecule has 244 valence electrons.